The first-order valence-electron chi connectivity index (χ1n) is 11.5. The summed E-state index contributed by atoms with van der Waals surface area (Å²) in [5.41, 5.74) is 0.994. The number of benzene rings is 2. The van der Waals surface area contributed by atoms with Crippen LogP contribution in [0.2, 0.25) is 0 Å². The Kier molecular flexibility index (Phi) is 11.5. The van der Waals surface area contributed by atoms with E-state index >= 15 is 0 Å². The molecule has 36 heavy (non-hydrogen) atoms. The van der Waals surface area contributed by atoms with Gasteiger partial charge in [-0.1, -0.05) is 32.2 Å². The fourth-order valence-corrected chi connectivity index (χ4v) is 3.60. The monoisotopic (exact) mass is 498 g/mol. The summed E-state index contributed by atoms with van der Waals surface area (Å²) >= 11 is 0. The smallest absolute Gasteiger partial charge is 0.313 e. The fourth-order valence-electron chi connectivity index (χ4n) is 3.60. The summed E-state index contributed by atoms with van der Waals surface area (Å²) in [6.07, 6.45) is 3.56. The first kappa shape index (κ1) is 28.5. The molecule has 0 bridgehead atoms. The zero-order chi connectivity index (χ0) is 26.5. The fraction of sp³-hybridized carbons (Fsp3) is 0.357. The van der Waals surface area contributed by atoms with E-state index in [9.17, 15) is 9.59 Å². The second-order valence-electron chi connectivity index (χ2n) is 7.61. The van der Waals surface area contributed by atoms with Crippen molar-refractivity contribution < 1.29 is 38.0 Å². The molecule has 1 unspecified atom stereocenters. The Labute approximate surface area is 212 Å². The highest BCUT2D eigenvalue weighted by Gasteiger charge is 2.30. The predicted octanol–water partition coefficient (Wildman–Crippen LogP) is 4.75. The number of carbonyl (C=O) groups is 2. The average Bonchev–Trinajstić information content (AvgIpc) is 2.90. The number of hydrogen-bond acceptors (Lipinski definition) is 8. The molecular weight excluding hydrogens is 464 g/mol. The standard InChI is InChI=1S/C28H34O8/c1-7-12-34-20-17-22(21(9-3)28(30)33-6)26(25(18-20)35-13-8-2)27(29)19-10-11-23(32-5)24(16-19)36-15-14-31-4/h7-8,10-11,16-18,21H,1-2,9,12-15H2,3-6H3. The Morgan fingerprint density at radius 3 is 2.22 bits per heavy atom. The Bertz CT molecular complexity index is 1060. The highest BCUT2D eigenvalue weighted by molar-refractivity contribution is 6.13. The van der Waals surface area contributed by atoms with Crippen LogP contribution in [0.1, 0.15) is 40.7 Å². The molecule has 0 N–H and O–H groups in total. The topological polar surface area (TPSA) is 89.5 Å². The van der Waals surface area contributed by atoms with E-state index in [4.69, 9.17) is 28.4 Å². The largest absolute Gasteiger partial charge is 0.493 e. The first-order chi connectivity index (χ1) is 17.4. The number of carbonyl (C=O) groups excluding carboxylic acids is 2. The van der Waals surface area contributed by atoms with Gasteiger partial charge in [0.05, 0.1) is 32.3 Å². The third-order valence-electron chi connectivity index (χ3n) is 5.30. The lowest BCUT2D eigenvalue weighted by molar-refractivity contribution is -0.142. The van der Waals surface area contributed by atoms with Crippen molar-refractivity contribution in [3.63, 3.8) is 0 Å². The summed E-state index contributed by atoms with van der Waals surface area (Å²) in [5.74, 6) is 0.00336. The minimum absolute atomic E-state index is 0.146. The van der Waals surface area contributed by atoms with Crippen molar-refractivity contribution in [1.82, 2.24) is 0 Å². The van der Waals surface area contributed by atoms with E-state index in [1.807, 2.05) is 6.92 Å². The molecule has 0 aliphatic carbocycles. The second-order valence-corrected chi connectivity index (χ2v) is 7.61. The van der Waals surface area contributed by atoms with Crippen molar-refractivity contribution >= 4 is 11.8 Å². The molecule has 2 aromatic rings. The number of methoxy groups -OCH3 is 3. The molecule has 194 valence electrons. The number of hydrogen-bond donors (Lipinski definition) is 0. The van der Waals surface area contributed by atoms with Crippen molar-refractivity contribution in [2.75, 3.05) is 47.8 Å². The van der Waals surface area contributed by atoms with Crippen LogP contribution in [0.25, 0.3) is 0 Å². The van der Waals surface area contributed by atoms with E-state index in [0.717, 1.165) is 0 Å². The Balaban J connectivity index is 2.71. The molecule has 2 rings (SSSR count). The summed E-state index contributed by atoms with van der Waals surface area (Å²) in [7, 11) is 4.40. The van der Waals surface area contributed by atoms with Gasteiger partial charge in [0, 0.05) is 18.7 Å². The molecule has 8 heteroatoms. The molecule has 1 atom stereocenters. The maximum absolute atomic E-state index is 14.0. The van der Waals surface area contributed by atoms with Crippen LogP contribution in [-0.4, -0.2) is 59.5 Å². The third kappa shape index (κ3) is 7.11. The van der Waals surface area contributed by atoms with Gasteiger partial charge in [0.2, 0.25) is 0 Å². The summed E-state index contributed by atoms with van der Waals surface area (Å²) in [6, 6.07) is 8.17. The lowest BCUT2D eigenvalue weighted by Gasteiger charge is -2.21. The Hall–Kier alpha value is -3.78. The molecule has 0 radical (unpaired) electrons. The molecule has 2 aromatic carbocycles. The molecule has 0 heterocycles. The van der Waals surface area contributed by atoms with Gasteiger partial charge in [-0.05, 0) is 36.2 Å². The Morgan fingerprint density at radius 2 is 1.61 bits per heavy atom. The molecule has 0 aromatic heterocycles. The van der Waals surface area contributed by atoms with Crippen LogP contribution >= 0.6 is 0 Å². The normalized spacial score (nSPS) is 11.2. The van der Waals surface area contributed by atoms with Crippen LogP contribution in [0.5, 0.6) is 23.0 Å². The maximum Gasteiger partial charge on any atom is 0.313 e. The van der Waals surface area contributed by atoms with E-state index in [1.165, 1.54) is 14.2 Å². The summed E-state index contributed by atoms with van der Waals surface area (Å²) in [4.78, 5) is 26.6. The summed E-state index contributed by atoms with van der Waals surface area (Å²) in [5, 5.41) is 0. The van der Waals surface area contributed by atoms with E-state index in [-0.39, 0.29) is 36.9 Å². The van der Waals surface area contributed by atoms with Gasteiger partial charge in [-0.25, -0.2) is 0 Å². The Morgan fingerprint density at radius 1 is 0.889 bits per heavy atom. The van der Waals surface area contributed by atoms with Gasteiger partial charge in [0.1, 0.15) is 31.3 Å². The highest BCUT2D eigenvalue weighted by atomic mass is 16.5. The van der Waals surface area contributed by atoms with E-state index in [1.54, 1.807) is 49.6 Å². The predicted molar refractivity (Wildman–Crippen MR) is 137 cm³/mol. The van der Waals surface area contributed by atoms with Crippen LogP contribution in [0.3, 0.4) is 0 Å². The quantitative estimate of drug-likeness (QED) is 0.142. The zero-order valence-electron chi connectivity index (χ0n) is 21.3. The SMILES string of the molecule is C=CCOc1cc(OCC=C)c(C(=O)c2ccc(OC)c(OCCOC)c2)c(C(CC)C(=O)OC)c1. The van der Waals surface area contributed by atoms with Gasteiger partial charge in [-0.2, -0.15) is 0 Å². The summed E-state index contributed by atoms with van der Waals surface area (Å²) in [6.45, 7) is 10.2. The lowest BCUT2D eigenvalue weighted by atomic mass is 9.87. The van der Waals surface area contributed by atoms with Crippen LogP contribution < -0.4 is 18.9 Å². The molecular formula is C28H34O8. The minimum atomic E-state index is -0.719. The molecule has 0 amide bonds. The number of rotatable bonds is 16. The van der Waals surface area contributed by atoms with Gasteiger partial charge in [-0.3, -0.25) is 9.59 Å². The molecule has 8 nitrogen and oxygen atoms in total. The number of esters is 1. The van der Waals surface area contributed by atoms with Crippen molar-refractivity contribution in [3.8, 4) is 23.0 Å². The van der Waals surface area contributed by atoms with Crippen molar-refractivity contribution in [1.29, 1.82) is 0 Å². The van der Waals surface area contributed by atoms with E-state index in [2.05, 4.69) is 13.2 Å². The zero-order valence-corrected chi connectivity index (χ0v) is 21.3. The van der Waals surface area contributed by atoms with Gasteiger partial charge < -0.3 is 28.4 Å². The van der Waals surface area contributed by atoms with Crippen molar-refractivity contribution in [2.45, 2.75) is 19.3 Å². The van der Waals surface area contributed by atoms with Crippen LogP contribution in [0, 0.1) is 0 Å². The van der Waals surface area contributed by atoms with E-state index < -0.39 is 11.9 Å². The maximum atomic E-state index is 14.0. The molecule has 0 spiro atoms. The van der Waals surface area contributed by atoms with Gasteiger partial charge >= 0.3 is 5.97 Å². The van der Waals surface area contributed by atoms with Gasteiger partial charge in [-0.15, -0.1) is 0 Å². The third-order valence-corrected chi connectivity index (χ3v) is 5.30. The van der Waals surface area contributed by atoms with Crippen molar-refractivity contribution in [3.05, 3.63) is 72.3 Å². The van der Waals surface area contributed by atoms with E-state index in [0.29, 0.717) is 41.4 Å². The van der Waals surface area contributed by atoms with Crippen LogP contribution in [0.15, 0.2) is 55.6 Å². The van der Waals surface area contributed by atoms with Crippen LogP contribution in [-0.2, 0) is 14.3 Å². The van der Waals surface area contributed by atoms with Gasteiger partial charge in [0.15, 0.2) is 17.3 Å². The summed E-state index contributed by atoms with van der Waals surface area (Å²) < 4.78 is 32.8. The average molecular weight is 499 g/mol. The molecule has 0 aliphatic rings. The first-order valence-corrected chi connectivity index (χ1v) is 11.5. The van der Waals surface area contributed by atoms with Crippen LogP contribution in [0.4, 0.5) is 0 Å². The van der Waals surface area contributed by atoms with Crippen molar-refractivity contribution in [2.24, 2.45) is 0 Å². The van der Waals surface area contributed by atoms with Gasteiger partial charge in [0.25, 0.3) is 0 Å². The second kappa shape index (κ2) is 14.6. The molecule has 0 saturated carbocycles. The molecule has 0 fully saturated rings. The molecule has 0 aliphatic heterocycles. The minimum Gasteiger partial charge on any atom is -0.493 e. The highest BCUT2D eigenvalue weighted by Crippen LogP contribution is 2.38. The number of ketones is 1. The lowest BCUT2D eigenvalue weighted by Crippen LogP contribution is -2.19. The number of ether oxygens (including phenoxy) is 6. The molecule has 0 saturated heterocycles.